The first kappa shape index (κ1) is 25.5. The molecule has 0 aromatic carbocycles. The summed E-state index contributed by atoms with van der Waals surface area (Å²) in [5, 5.41) is 3.10. The Hall–Kier alpha value is -4.22. The van der Waals surface area contributed by atoms with Crippen molar-refractivity contribution in [2.75, 3.05) is 31.7 Å². The molecule has 0 amide bonds. The summed E-state index contributed by atoms with van der Waals surface area (Å²) in [5.41, 5.74) is 6.27. The smallest absolute Gasteiger partial charge is 0.176 e. The third-order valence-corrected chi connectivity index (χ3v) is 9.21. The summed E-state index contributed by atoms with van der Waals surface area (Å²) in [6.07, 6.45) is 12.8. The molecule has 3 aliphatic heterocycles. The number of H-pyrrole nitrogens is 1. The number of fused-ring (bicyclic) bond motifs is 4. The monoisotopic (exact) mass is 582 g/mol. The molecule has 8 nitrogen and oxygen atoms in total. The Kier molecular flexibility index (Phi) is 6.04. The number of pyridine rings is 2. The van der Waals surface area contributed by atoms with E-state index in [1.807, 2.05) is 36.4 Å². The molecule has 42 heavy (non-hydrogen) atoms. The number of halogens is 2. The molecule has 1 atom stereocenters. The van der Waals surface area contributed by atoms with Gasteiger partial charge in [0.2, 0.25) is 0 Å². The van der Waals surface area contributed by atoms with Crippen molar-refractivity contribution in [1.82, 2.24) is 30.2 Å². The third kappa shape index (κ3) is 4.35. The van der Waals surface area contributed by atoms with Gasteiger partial charge in [-0.15, -0.1) is 11.3 Å². The molecule has 8 rings (SSSR count). The van der Waals surface area contributed by atoms with Gasteiger partial charge in [0.1, 0.15) is 30.1 Å². The topological polar surface area (TPSA) is 95.2 Å². The third-order valence-electron chi connectivity index (χ3n) is 8.30. The van der Waals surface area contributed by atoms with E-state index in [9.17, 15) is 4.39 Å². The van der Waals surface area contributed by atoms with Crippen LogP contribution in [-0.4, -0.2) is 57.4 Å². The second-order valence-electron chi connectivity index (χ2n) is 11.2. The highest BCUT2D eigenvalue weighted by Gasteiger charge is 2.39. The fourth-order valence-electron chi connectivity index (χ4n) is 6.11. The first-order valence-corrected chi connectivity index (χ1v) is 15.0. The Morgan fingerprint density at radius 3 is 2.79 bits per heavy atom. The van der Waals surface area contributed by atoms with Crippen LogP contribution >= 0.6 is 11.3 Å². The van der Waals surface area contributed by atoms with Crippen LogP contribution in [0, 0.1) is 10.9 Å². The van der Waals surface area contributed by atoms with Crippen molar-refractivity contribution in [2.24, 2.45) is 4.99 Å². The van der Waals surface area contributed by atoms with E-state index in [0.717, 1.165) is 58.4 Å². The molecule has 11 heteroatoms. The number of nitrogens with one attached hydrogen (secondary N) is 2. The Morgan fingerprint density at radius 1 is 1.07 bits per heavy atom. The normalized spacial score (nSPS) is 19.5. The van der Waals surface area contributed by atoms with Crippen molar-refractivity contribution < 1.29 is 8.78 Å². The summed E-state index contributed by atoms with van der Waals surface area (Å²) < 4.78 is 30.6. The number of hydrogen-bond acceptors (Lipinski definition) is 8. The molecule has 2 fully saturated rings. The van der Waals surface area contributed by atoms with Gasteiger partial charge in [0.15, 0.2) is 11.0 Å². The SMILES string of the molecule is CN1CN=C(c2nc3c([nH]2)C2NC2=CC=C3c2ccc(F)s2)c2c1ncc(-c1cncc(CN3CCCCC3)c1)c2F. The fraction of sp³-hybridized carbons (Fsp3) is 0.290. The number of hydrogen-bond donors (Lipinski definition) is 2. The number of nitrogens with zero attached hydrogens (tertiary/aromatic N) is 6. The van der Waals surface area contributed by atoms with Gasteiger partial charge in [-0.3, -0.25) is 14.9 Å². The van der Waals surface area contributed by atoms with Gasteiger partial charge in [0, 0.05) is 59.5 Å². The average molecular weight is 583 g/mol. The molecule has 4 aromatic heterocycles. The predicted molar refractivity (Wildman–Crippen MR) is 159 cm³/mol. The van der Waals surface area contributed by atoms with Crippen LogP contribution in [0.3, 0.4) is 0 Å². The summed E-state index contributed by atoms with van der Waals surface area (Å²) in [6, 6.07) is 5.21. The number of imidazole rings is 1. The number of likely N-dealkylation sites (tertiary alicyclic amines) is 1. The number of allylic oxidation sites excluding steroid dienone is 2. The molecular weight excluding hydrogens is 554 g/mol. The number of piperidine rings is 1. The zero-order chi connectivity index (χ0) is 28.4. The molecule has 1 aliphatic carbocycles. The van der Waals surface area contributed by atoms with Crippen molar-refractivity contribution in [2.45, 2.75) is 31.8 Å². The van der Waals surface area contributed by atoms with Crippen LogP contribution in [0.5, 0.6) is 0 Å². The van der Waals surface area contributed by atoms with Crippen LogP contribution in [0.1, 0.15) is 58.5 Å². The molecule has 4 aliphatic rings. The molecule has 0 radical (unpaired) electrons. The summed E-state index contributed by atoms with van der Waals surface area (Å²) in [6.45, 7) is 3.26. The average Bonchev–Trinajstić information content (AvgIpc) is 3.48. The minimum Gasteiger partial charge on any atom is -0.373 e. The van der Waals surface area contributed by atoms with Crippen LogP contribution < -0.4 is 10.2 Å². The maximum absolute atomic E-state index is 16.6. The Balaban J connectivity index is 1.19. The van der Waals surface area contributed by atoms with E-state index < -0.39 is 5.82 Å². The quantitative estimate of drug-likeness (QED) is 0.306. The van der Waals surface area contributed by atoms with Gasteiger partial charge in [0.05, 0.1) is 17.0 Å². The molecule has 0 spiro atoms. The van der Waals surface area contributed by atoms with Crippen molar-refractivity contribution in [1.29, 1.82) is 0 Å². The molecule has 4 aromatic rings. The zero-order valence-corrected chi connectivity index (χ0v) is 23.8. The number of rotatable bonds is 5. The van der Waals surface area contributed by atoms with Gasteiger partial charge < -0.3 is 15.2 Å². The Labute approximate surface area is 245 Å². The largest absolute Gasteiger partial charge is 0.373 e. The predicted octanol–water partition coefficient (Wildman–Crippen LogP) is 5.41. The molecular formula is C31H28F2N8S. The number of aliphatic imine (C=N–C) groups is 1. The van der Waals surface area contributed by atoms with Gasteiger partial charge in [-0.05, 0) is 61.8 Å². The van der Waals surface area contributed by atoms with Crippen molar-refractivity contribution >= 4 is 28.4 Å². The number of anilines is 1. The van der Waals surface area contributed by atoms with Gasteiger partial charge >= 0.3 is 0 Å². The van der Waals surface area contributed by atoms with Crippen LogP contribution in [0.15, 0.2) is 59.6 Å². The second-order valence-corrected chi connectivity index (χ2v) is 12.2. The minimum absolute atomic E-state index is 0.0193. The van der Waals surface area contributed by atoms with Crippen LogP contribution in [0.2, 0.25) is 0 Å². The van der Waals surface area contributed by atoms with E-state index in [-0.39, 0.29) is 11.2 Å². The maximum atomic E-state index is 16.6. The van der Waals surface area contributed by atoms with Crippen molar-refractivity contribution in [3.8, 4) is 11.1 Å². The molecule has 0 bridgehead atoms. The molecule has 1 unspecified atom stereocenters. The number of aromatic nitrogens is 4. The summed E-state index contributed by atoms with van der Waals surface area (Å²) in [7, 11) is 1.85. The van der Waals surface area contributed by atoms with E-state index in [0.29, 0.717) is 46.4 Å². The lowest BCUT2D eigenvalue weighted by Gasteiger charge is -2.27. The zero-order valence-electron chi connectivity index (χ0n) is 23.0. The second kappa shape index (κ2) is 9.95. The first-order valence-electron chi connectivity index (χ1n) is 14.2. The molecule has 2 N–H and O–H groups in total. The van der Waals surface area contributed by atoms with Gasteiger partial charge in [-0.1, -0.05) is 6.42 Å². The lowest BCUT2D eigenvalue weighted by Crippen LogP contribution is -2.29. The molecule has 0 saturated carbocycles. The summed E-state index contributed by atoms with van der Waals surface area (Å²) >= 11 is 1.08. The Bertz CT molecular complexity index is 1810. The number of thiophene rings is 1. The lowest BCUT2D eigenvalue weighted by atomic mass is 10.0. The van der Waals surface area contributed by atoms with Crippen molar-refractivity contribution in [3.05, 3.63) is 98.8 Å². The molecule has 212 valence electrons. The van der Waals surface area contributed by atoms with Crippen LogP contribution in [0.4, 0.5) is 14.6 Å². The van der Waals surface area contributed by atoms with E-state index in [1.165, 1.54) is 25.3 Å². The van der Waals surface area contributed by atoms with E-state index in [1.54, 1.807) is 18.5 Å². The van der Waals surface area contributed by atoms with Crippen LogP contribution in [-0.2, 0) is 6.54 Å². The standard InChI is InChI=1S/C31H28F2N8S/c1-40-16-36-28(30-38-26-19(22-7-8-23(32)42-22)5-6-21-27(37-21)29(26)39-30)24-25(33)20(14-35-31(24)40)18-11-17(12-34-13-18)15-41-9-3-2-4-10-41/h5-8,11-14,27,37H,2-4,9-10,15-16H2,1H3,(H,38,39). The fourth-order valence-corrected chi connectivity index (χ4v) is 6.87. The molecule has 2 saturated heterocycles. The summed E-state index contributed by atoms with van der Waals surface area (Å²) in [5.74, 6) is 0.559. The van der Waals surface area contributed by atoms with Crippen LogP contribution in [0.25, 0.3) is 16.7 Å². The number of aromatic amines is 1. The minimum atomic E-state index is -0.407. The lowest BCUT2D eigenvalue weighted by molar-refractivity contribution is 0.220. The maximum Gasteiger partial charge on any atom is 0.176 e. The molecule has 7 heterocycles. The Morgan fingerprint density at radius 2 is 1.95 bits per heavy atom. The highest BCUT2D eigenvalue weighted by molar-refractivity contribution is 7.11. The van der Waals surface area contributed by atoms with E-state index in [2.05, 4.69) is 20.2 Å². The van der Waals surface area contributed by atoms with E-state index >= 15 is 4.39 Å². The highest BCUT2D eigenvalue weighted by atomic mass is 32.1. The highest BCUT2D eigenvalue weighted by Crippen LogP contribution is 2.43. The van der Waals surface area contributed by atoms with Gasteiger partial charge in [-0.2, -0.15) is 4.39 Å². The van der Waals surface area contributed by atoms with Crippen molar-refractivity contribution in [3.63, 3.8) is 0 Å². The first-order chi connectivity index (χ1) is 20.5. The summed E-state index contributed by atoms with van der Waals surface area (Å²) in [4.78, 5) is 27.3. The van der Waals surface area contributed by atoms with Gasteiger partial charge in [0.25, 0.3) is 0 Å². The van der Waals surface area contributed by atoms with Gasteiger partial charge in [-0.25, -0.2) is 14.4 Å². The van der Waals surface area contributed by atoms with E-state index in [4.69, 9.17) is 15.0 Å².